The van der Waals surface area contributed by atoms with Crippen LogP contribution < -0.4 is 5.32 Å². The second-order valence-electron chi connectivity index (χ2n) is 3.93. The first kappa shape index (κ1) is 11.5. The lowest BCUT2D eigenvalue weighted by molar-refractivity contribution is -0.151. The predicted molar refractivity (Wildman–Crippen MR) is 53.3 cm³/mol. The molecule has 1 aliphatic rings. The molecule has 1 saturated heterocycles. The van der Waals surface area contributed by atoms with Gasteiger partial charge in [-0.2, -0.15) is 0 Å². The summed E-state index contributed by atoms with van der Waals surface area (Å²) in [6.07, 6.45) is 3.05. The van der Waals surface area contributed by atoms with E-state index in [1.165, 1.54) is 0 Å². The van der Waals surface area contributed by atoms with E-state index in [-0.39, 0.29) is 0 Å². The molecule has 1 aliphatic heterocycles. The van der Waals surface area contributed by atoms with Gasteiger partial charge in [-0.05, 0) is 38.8 Å². The number of nitrogens with one attached hydrogen (secondary N) is 1. The zero-order valence-corrected chi connectivity index (χ0v) is 8.71. The summed E-state index contributed by atoms with van der Waals surface area (Å²) in [6, 6.07) is 0. The molecule has 4 nitrogen and oxygen atoms in total. The van der Waals surface area contributed by atoms with Crippen LogP contribution in [0.3, 0.4) is 0 Å². The number of hydrogen-bond acceptors (Lipinski definition) is 3. The van der Waals surface area contributed by atoms with Gasteiger partial charge < -0.3 is 15.2 Å². The minimum Gasteiger partial charge on any atom is -0.481 e. The van der Waals surface area contributed by atoms with Crippen LogP contribution in [-0.4, -0.2) is 37.9 Å². The summed E-state index contributed by atoms with van der Waals surface area (Å²) in [6.45, 7) is 2.29. The minimum atomic E-state index is -0.643. The molecule has 1 rings (SSSR count). The van der Waals surface area contributed by atoms with E-state index in [0.717, 1.165) is 38.8 Å². The van der Waals surface area contributed by atoms with Crippen molar-refractivity contribution < 1.29 is 14.6 Å². The van der Waals surface area contributed by atoms with Gasteiger partial charge in [-0.1, -0.05) is 0 Å². The van der Waals surface area contributed by atoms with Crippen LogP contribution in [0.5, 0.6) is 0 Å². The Morgan fingerprint density at radius 1 is 1.50 bits per heavy atom. The molecule has 1 heterocycles. The van der Waals surface area contributed by atoms with Gasteiger partial charge in [0.2, 0.25) is 0 Å². The van der Waals surface area contributed by atoms with E-state index in [4.69, 9.17) is 4.74 Å². The van der Waals surface area contributed by atoms with E-state index in [0.29, 0.717) is 6.61 Å². The van der Waals surface area contributed by atoms with Crippen molar-refractivity contribution in [1.82, 2.24) is 5.32 Å². The number of ether oxygens (including phenoxy) is 1. The fraction of sp³-hybridized carbons (Fsp3) is 0.900. The molecule has 0 radical (unpaired) electrons. The number of carboxylic acids is 1. The maximum absolute atomic E-state index is 11.2. The monoisotopic (exact) mass is 201 g/mol. The highest BCUT2D eigenvalue weighted by atomic mass is 16.5. The van der Waals surface area contributed by atoms with Gasteiger partial charge >= 0.3 is 5.97 Å². The standard InChI is InChI=1S/C10H19NO3/c1-14-8-2-3-10(9(12)13)4-6-11-7-5-10/h11H,2-8H2,1H3,(H,12,13). The van der Waals surface area contributed by atoms with E-state index < -0.39 is 11.4 Å². The molecule has 0 atom stereocenters. The molecule has 0 bridgehead atoms. The van der Waals surface area contributed by atoms with Crippen LogP contribution in [-0.2, 0) is 9.53 Å². The third kappa shape index (κ3) is 2.69. The predicted octanol–water partition coefficient (Wildman–Crippen LogP) is 0.867. The van der Waals surface area contributed by atoms with Crippen molar-refractivity contribution in [1.29, 1.82) is 0 Å². The van der Waals surface area contributed by atoms with Crippen LogP contribution in [0, 0.1) is 5.41 Å². The number of piperidine rings is 1. The molecule has 0 aromatic rings. The largest absolute Gasteiger partial charge is 0.481 e. The number of hydrogen-bond donors (Lipinski definition) is 2. The highest BCUT2D eigenvalue weighted by Gasteiger charge is 2.38. The molecule has 0 aliphatic carbocycles. The lowest BCUT2D eigenvalue weighted by atomic mass is 9.75. The zero-order chi connectivity index (χ0) is 10.4. The Labute approximate surface area is 84.6 Å². The molecule has 0 spiro atoms. The van der Waals surface area contributed by atoms with Gasteiger partial charge in [0.25, 0.3) is 0 Å². The molecule has 14 heavy (non-hydrogen) atoms. The molecule has 0 saturated carbocycles. The number of rotatable bonds is 5. The van der Waals surface area contributed by atoms with E-state index in [9.17, 15) is 9.90 Å². The molecule has 1 fully saturated rings. The second-order valence-corrected chi connectivity index (χ2v) is 3.93. The molecular formula is C10H19NO3. The van der Waals surface area contributed by atoms with Crippen molar-refractivity contribution >= 4 is 5.97 Å². The molecule has 0 amide bonds. The van der Waals surface area contributed by atoms with Gasteiger partial charge in [-0.25, -0.2) is 0 Å². The first-order chi connectivity index (χ1) is 6.71. The summed E-state index contributed by atoms with van der Waals surface area (Å²) >= 11 is 0. The quantitative estimate of drug-likeness (QED) is 0.648. The maximum Gasteiger partial charge on any atom is 0.309 e. The Hall–Kier alpha value is -0.610. The third-order valence-electron chi connectivity index (χ3n) is 3.02. The Morgan fingerprint density at radius 2 is 2.14 bits per heavy atom. The number of aliphatic carboxylic acids is 1. The van der Waals surface area contributed by atoms with Crippen molar-refractivity contribution in [3.05, 3.63) is 0 Å². The summed E-state index contributed by atoms with van der Waals surface area (Å²) in [7, 11) is 1.65. The van der Waals surface area contributed by atoms with Crippen LogP contribution in [0.25, 0.3) is 0 Å². The van der Waals surface area contributed by atoms with Gasteiger partial charge in [0.15, 0.2) is 0 Å². The highest BCUT2D eigenvalue weighted by Crippen LogP contribution is 2.34. The van der Waals surface area contributed by atoms with Crippen molar-refractivity contribution in [3.8, 4) is 0 Å². The van der Waals surface area contributed by atoms with Crippen molar-refractivity contribution in [2.24, 2.45) is 5.41 Å². The molecule has 82 valence electrons. The summed E-state index contributed by atoms with van der Waals surface area (Å²) < 4.78 is 4.95. The Kier molecular flexibility index (Phi) is 4.35. The zero-order valence-electron chi connectivity index (χ0n) is 8.71. The fourth-order valence-electron chi connectivity index (χ4n) is 2.03. The van der Waals surface area contributed by atoms with Crippen molar-refractivity contribution in [2.45, 2.75) is 25.7 Å². The average Bonchev–Trinajstić information content (AvgIpc) is 2.19. The molecular weight excluding hydrogens is 182 g/mol. The molecule has 2 N–H and O–H groups in total. The van der Waals surface area contributed by atoms with Crippen molar-refractivity contribution in [2.75, 3.05) is 26.8 Å². The smallest absolute Gasteiger partial charge is 0.309 e. The summed E-state index contributed by atoms with van der Waals surface area (Å²) in [5.74, 6) is -0.643. The molecule has 0 unspecified atom stereocenters. The third-order valence-corrected chi connectivity index (χ3v) is 3.02. The Morgan fingerprint density at radius 3 is 2.64 bits per heavy atom. The summed E-state index contributed by atoms with van der Waals surface area (Å²) in [5, 5.41) is 12.4. The van der Waals surface area contributed by atoms with Crippen LogP contribution in [0.1, 0.15) is 25.7 Å². The van der Waals surface area contributed by atoms with Crippen LogP contribution in [0.15, 0.2) is 0 Å². The van der Waals surface area contributed by atoms with Crippen LogP contribution in [0.4, 0.5) is 0 Å². The summed E-state index contributed by atoms with van der Waals surface area (Å²) in [4.78, 5) is 11.2. The highest BCUT2D eigenvalue weighted by molar-refractivity contribution is 5.74. The van der Waals surface area contributed by atoms with E-state index in [1.807, 2.05) is 0 Å². The number of carbonyl (C=O) groups is 1. The fourth-order valence-corrected chi connectivity index (χ4v) is 2.03. The van der Waals surface area contributed by atoms with Crippen molar-refractivity contribution in [3.63, 3.8) is 0 Å². The lowest BCUT2D eigenvalue weighted by Crippen LogP contribution is -2.42. The van der Waals surface area contributed by atoms with Gasteiger partial charge in [-0.15, -0.1) is 0 Å². The van der Waals surface area contributed by atoms with Gasteiger partial charge in [0, 0.05) is 13.7 Å². The lowest BCUT2D eigenvalue weighted by Gasteiger charge is -2.33. The van der Waals surface area contributed by atoms with Gasteiger partial charge in [0.1, 0.15) is 0 Å². The van der Waals surface area contributed by atoms with Gasteiger partial charge in [0.05, 0.1) is 5.41 Å². The normalized spacial score (nSPS) is 20.6. The Bertz CT molecular complexity index is 188. The summed E-state index contributed by atoms with van der Waals surface area (Å²) in [5.41, 5.74) is -0.496. The number of carboxylic acid groups (broad SMARTS) is 1. The molecule has 0 aromatic carbocycles. The minimum absolute atomic E-state index is 0.496. The van der Waals surface area contributed by atoms with E-state index in [1.54, 1.807) is 7.11 Å². The van der Waals surface area contributed by atoms with Crippen LogP contribution >= 0.6 is 0 Å². The first-order valence-corrected chi connectivity index (χ1v) is 5.14. The van der Waals surface area contributed by atoms with Crippen LogP contribution in [0.2, 0.25) is 0 Å². The Balaban J connectivity index is 2.47. The van der Waals surface area contributed by atoms with E-state index in [2.05, 4.69) is 5.32 Å². The number of methoxy groups -OCH3 is 1. The van der Waals surface area contributed by atoms with Gasteiger partial charge in [-0.3, -0.25) is 4.79 Å². The topological polar surface area (TPSA) is 58.6 Å². The van der Waals surface area contributed by atoms with E-state index >= 15 is 0 Å². The molecule has 0 aromatic heterocycles. The SMILES string of the molecule is COCCCC1(C(=O)O)CCNCC1. The second kappa shape index (κ2) is 5.32. The average molecular weight is 201 g/mol. The molecule has 4 heteroatoms. The maximum atomic E-state index is 11.2. The first-order valence-electron chi connectivity index (χ1n) is 5.14.